The van der Waals surface area contributed by atoms with Gasteiger partial charge in [-0.15, -0.1) is 11.3 Å². The molecule has 84 valence electrons. The molecule has 0 aliphatic carbocycles. The van der Waals surface area contributed by atoms with Crippen LogP contribution in [0.2, 0.25) is 0 Å². The number of aromatic nitrogens is 1. The van der Waals surface area contributed by atoms with Crippen LogP contribution in [0.1, 0.15) is 30.2 Å². The van der Waals surface area contributed by atoms with E-state index in [1.54, 1.807) is 11.3 Å². The molecule has 0 saturated carbocycles. The van der Waals surface area contributed by atoms with Crippen LogP contribution in [0.4, 0.5) is 0 Å². The zero-order valence-corrected chi connectivity index (χ0v) is 10.1. The average Bonchev–Trinajstić information content (AvgIpc) is 2.84. The standard InChI is InChI=1S/C11H18N2OS/c1-3-11-13-7-9(15-11)6-12-10-4-5-14-8(10)2/h7-8,10,12H,3-6H2,1-2H3. The molecule has 0 amide bonds. The lowest BCUT2D eigenvalue weighted by molar-refractivity contribution is 0.113. The monoisotopic (exact) mass is 226 g/mol. The second-order valence-electron chi connectivity index (χ2n) is 3.93. The molecule has 1 aromatic rings. The normalized spacial score (nSPS) is 26.0. The largest absolute Gasteiger partial charge is 0.377 e. The van der Waals surface area contributed by atoms with Crippen molar-refractivity contribution < 1.29 is 4.74 Å². The van der Waals surface area contributed by atoms with Gasteiger partial charge in [-0.2, -0.15) is 0 Å². The average molecular weight is 226 g/mol. The van der Waals surface area contributed by atoms with Gasteiger partial charge in [-0.1, -0.05) is 6.92 Å². The molecule has 1 saturated heterocycles. The van der Waals surface area contributed by atoms with Crippen molar-refractivity contribution in [1.82, 2.24) is 10.3 Å². The molecule has 2 rings (SSSR count). The summed E-state index contributed by atoms with van der Waals surface area (Å²) in [5, 5.41) is 4.76. The predicted octanol–water partition coefficient (Wildman–Crippen LogP) is 1.97. The summed E-state index contributed by atoms with van der Waals surface area (Å²) >= 11 is 1.80. The summed E-state index contributed by atoms with van der Waals surface area (Å²) in [6.45, 7) is 6.09. The van der Waals surface area contributed by atoms with Gasteiger partial charge in [-0.3, -0.25) is 0 Å². The van der Waals surface area contributed by atoms with Crippen molar-refractivity contribution in [2.45, 2.75) is 45.4 Å². The molecular formula is C11H18N2OS. The lowest BCUT2D eigenvalue weighted by Gasteiger charge is -2.14. The summed E-state index contributed by atoms with van der Waals surface area (Å²) in [4.78, 5) is 5.67. The fourth-order valence-electron chi connectivity index (χ4n) is 1.82. The Bertz CT molecular complexity index is 313. The minimum absolute atomic E-state index is 0.351. The molecule has 3 nitrogen and oxygen atoms in total. The minimum Gasteiger partial charge on any atom is -0.377 e. The summed E-state index contributed by atoms with van der Waals surface area (Å²) in [5.74, 6) is 0. The number of aryl methyl sites for hydroxylation is 1. The third kappa shape index (κ3) is 2.77. The number of nitrogens with zero attached hydrogens (tertiary/aromatic N) is 1. The maximum absolute atomic E-state index is 5.51. The van der Waals surface area contributed by atoms with Crippen molar-refractivity contribution in [2.24, 2.45) is 0 Å². The molecule has 1 N–H and O–H groups in total. The van der Waals surface area contributed by atoms with Crippen LogP contribution >= 0.6 is 11.3 Å². The topological polar surface area (TPSA) is 34.2 Å². The molecule has 4 heteroatoms. The molecule has 0 spiro atoms. The van der Waals surface area contributed by atoms with Crippen molar-refractivity contribution in [3.63, 3.8) is 0 Å². The Balaban J connectivity index is 1.82. The quantitative estimate of drug-likeness (QED) is 0.852. The molecule has 2 heterocycles. The molecule has 0 radical (unpaired) electrons. The molecule has 1 fully saturated rings. The van der Waals surface area contributed by atoms with E-state index in [4.69, 9.17) is 4.74 Å². The number of thiazole rings is 1. The van der Waals surface area contributed by atoms with Crippen molar-refractivity contribution in [1.29, 1.82) is 0 Å². The van der Waals surface area contributed by atoms with Crippen LogP contribution < -0.4 is 5.32 Å². The number of rotatable bonds is 4. The Morgan fingerprint density at radius 3 is 3.13 bits per heavy atom. The third-order valence-corrected chi connectivity index (χ3v) is 3.96. The molecule has 1 aliphatic rings. The van der Waals surface area contributed by atoms with E-state index < -0.39 is 0 Å². The highest BCUT2D eigenvalue weighted by Crippen LogP contribution is 2.16. The van der Waals surface area contributed by atoms with Crippen LogP contribution in [-0.4, -0.2) is 23.7 Å². The fourth-order valence-corrected chi connectivity index (χ4v) is 2.64. The zero-order chi connectivity index (χ0) is 10.7. The first-order chi connectivity index (χ1) is 7.29. The summed E-state index contributed by atoms with van der Waals surface area (Å²) in [6, 6.07) is 0.511. The molecule has 15 heavy (non-hydrogen) atoms. The van der Waals surface area contributed by atoms with E-state index in [-0.39, 0.29) is 0 Å². The second kappa shape index (κ2) is 5.05. The highest BCUT2D eigenvalue weighted by atomic mass is 32.1. The van der Waals surface area contributed by atoms with Gasteiger partial charge >= 0.3 is 0 Å². The Labute approximate surface area is 94.9 Å². The Kier molecular flexibility index (Phi) is 3.72. The van der Waals surface area contributed by atoms with Crippen LogP contribution in [0.3, 0.4) is 0 Å². The third-order valence-electron chi connectivity index (χ3n) is 2.82. The fraction of sp³-hybridized carbons (Fsp3) is 0.727. The van der Waals surface area contributed by atoms with E-state index in [9.17, 15) is 0 Å². The zero-order valence-electron chi connectivity index (χ0n) is 9.32. The van der Waals surface area contributed by atoms with Gasteiger partial charge in [0, 0.05) is 30.3 Å². The Morgan fingerprint density at radius 2 is 2.53 bits per heavy atom. The molecule has 2 atom stereocenters. The first-order valence-corrected chi connectivity index (χ1v) is 6.39. The molecule has 1 aliphatic heterocycles. The Hall–Kier alpha value is -0.450. The van der Waals surface area contributed by atoms with Crippen LogP contribution in [0, 0.1) is 0 Å². The van der Waals surface area contributed by atoms with Crippen LogP contribution in [-0.2, 0) is 17.7 Å². The number of ether oxygens (including phenoxy) is 1. The van der Waals surface area contributed by atoms with Gasteiger partial charge in [0.15, 0.2) is 0 Å². The van der Waals surface area contributed by atoms with Crippen molar-refractivity contribution in [3.05, 3.63) is 16.1 Å². The van der Waals surface area contributed by atoms with Crippen molar-refractivity contribution in [2.75, 3.05) is 6.61 Å². The van der Waals surface area contributed by atoms with Crippen LogP contribution in [0.25, 0.3) is 0 Å². The van der Waals surface area contributed by atoms with Gasteiger partial charge in [0.05, 0.1) is 11.1 Å². The number of hydrogen-bond acceptors (Lipinski definition) is 4. The predicted molar refractivity (Wildman–Crippen MR) is 62.2 cm³/mol. The minimum atomic E-state index is 0.351. The smallest absolute Gasteiger partial charge is 0.0925 e. The van der Waals surface area contributed by atoms with E-state index in [0.717, 1.165) is 26.0 Å². The molecule has 2 unspecified atom stereocenters. The first kappa shape index (κ1) is 11.0. The maximum atomic E-state index is 5.51. The van der Waals surface area contributed by atoms with Crippen LogP contribution in [0.15, 0.2) is 6.20 Å². The molecule has 1 aromatic heterocycles. The van der Waals surface area contributed by atoms with E-state index >= 15 is 0 Å². The van der Waals surface area contributed by atoms with Crippen molar-refractivity contribution in [3.8, 4) is 0 Å². The van der Waals surface area contributed by atoms with Gasteiger partial charge in [0.1, 0.15) is 0 Å². The van der Waals surface area contributed by atoms with Gasteiger partial charge < -0.3 is 10.1 Å². The van der Waals surface area contributed by atoms with E-state index in [1.807, 2.05) is 6.20 Å². The Morgan fingerprint density at radius 1 is 1.67 bits per heavy atom. The van der Waals surface area contributed by atoms with Crippen LogP contribution in [0.5, 0.6) is 0 Å². The van der Waals surface area contributed by atoms with Gasteiger partial charge in [0.2, 0.25) is 0 Å². The van der Waals surface area contributed by atoms with E-state index in [1.165, 1.54) is 9.88 Å². The summed E-state index contributed by atoms with van der Waals surface area (Å²) in [6.07, 6.45) is 4.49. The first-order valence-electron chi connectivity index (χ1n) is 5.58. The molecule has 0 aromatic carbocycles. The van der Waals surface area contributed by atoms with Gasteiger partial charge in [-0.05, 0) is 19.8 Å². The number of hydrogen-bond donors (Lipinski definition) is 1. The molecule has 0 bridgehead atoms. The SMILES string of the molecule is CCc1ncc(CNC2CCOC2C)s1. The van der Waals surface area contributed by atoms with Gasteiger partial charge in [0.25, 0.3) is 0 Å². The highest BCUT2D eigenvalue weighted by molar-refractivity contribution is 7.11. The van der Waals surface area contributed by atoms with E-state index in [0.29, 0.717) is 12.1 Å². The van der Waals surface area contributed by atoms with E-state index in [2.05, 4.69) is 24.1 Å². The molecular weight excluding hydrogens is 208 g/mol. The summed E-state index contributed by atoms with van der Waals surface area (Å²) in [7, 11) is 0. The summed E-state index contributed by atoms with van der Waals surface area (Å²) < 4.78 is 5.51. The second-order valence-corrected chi connectivity index (χ2v) is 5.13. The highest BCUT2D eigenvalue weighted by Gasteiger charge is 2.23. The lowest BCUT2D eigenvalue weighted by atomic mass is 10.1. The maximum Gasteiger partial charge on any atom is 0.0925 e. The van der Waals surface area contributed by atoms with Gasteiger partial charge in [-0.25, -0.2) is 4.98 Å². The summed E-state index contributed by atoms with van der Waals surface area (Å²) in [5.41, 5.74) is 0. The number of nitrogens with one attached hydrogen (secondary N) is 1. The lowest BCUT2D eigenvalue weighted by Crippen LogP contribution is -2.33. The van der Waals surface area contributed by atoms with Crippen molar-refractivity contribution >= 4 is 11.3 Å².